The van der Waals surface area contributed by atoms with Crippen LogP contribution in [0, 0.1) is 12.7 Å². The van der Waals surface area contributed by atoms with Crippen LogP contribution in [0.2, 0.25) is 0 Å². The lowest BCUT2D eigenvalue weighted by atomic mass is 10.1. The molecular formula is C21H17FN4O3S. The molecule has 0 spiro atoms. The monoisotopic (exact) mass is 424 g/mol. The van der Waals surface area contributed by atoms with Crippen LogP contribution in [0.5, 0.6) is 0 Å². The standard InChI is InChI=1S/C21H17FN4O3S/c1-13-18(30-21(24-13)17-3-2-10-29-17)11-23-19(27)12-26-20(28)9-8-16(25-26)14-4-6-15(22)7-5-14/h2-10H,11-12H2,1H3,(H,23,27). The molecule has 0 saturated heterocycles. The number of thiazole rings is 1. The number of nitrogens with zero attached hydrogens (tertiary/aromatic N) is 3. The Bertz CT molecular complexity index is 1230. The molecule has 0 atom stereocenters. The number of halogens is 1. The lowest BCUT2D eigenvalue weighted by Gasteiger charge is -2.08. The molecule has 1 N–H and O–H groups in total. The third-order valence-corrected chi connectivity index (χ3v) is 5.54. The molecule has 4 aromatic rings. The number of carbonyl (C=O) groups excluding carboxylic acids is 1. The minimum atomic E-state index is -0.398. The van der Waals surface area contributed by atoms with Crippen molar-refractivity contribution in [2.24, 2.45) is 0 Å². The zero-order chi connectivity index (χ0) is 21.1. The third kappa shape index (κ3) is 4.36. The molecule has 0 aliphatic carbocycles. The van der Waals surface area contributed by atoms with Crippen LogP contribution < -0.4 is 10.9 Å². The first-order valence-electron chi connectivity index (χ1n) is 9.10. The highest BCUT2D eigenvalue weighted by Gasteiger charge is 2.13. The van der Waals surface area contributed by atoms with Crippen molar-refractivity contribution in [3.8, 4) is 22.0 Å². The lowest BCUT2D eigenvalue weighted by molar-refractivity contribution is -0.122. The van der Waals surface area contributed by atoms with Crippen LogP contribution in [0.15, 0.2) is 64.0 Å². The molecular weight excluding hydrogens is 407 g/mol. The Kier molecular flexibility index (Phi) is 5.53. The van der Waals surface area contributed by atoms with E-state index in [1.165, 1.54) is 29.5 Å². The fourth-order valence-corrected chi connectivity index (χ4v) is 3.78. The first-order valence-corrected chi connectivity index (χ1v) is 9.92. The second kappa shape index (κ2) is 8.42. The summed E-state index contributed by atoms with van der Waals surface area (Å²) >= 11 is 1.44. The smallest absolute Gasteiger partial charge is 0.267 e. The van der Waals surface area contributed by atoms with Crippen molar-refractivity contribution < 1.29 is 13.6 Å². The molecule has 3 aromatic heterocycles. The van der Waals surface area contributed by atoms with Crippen molar-refractivity contribution >= 4 is 17.2 Å². The van der Waals surface area contributed by atoms with E-state index in [2.05, 4.69) is 15.4 Å². The molecule has 30 heavy (non-hydrogen) atoms. The number of rotatable bonds is 6. The number of hydrogen-bond acceptors (Lipinski definition) is 6. The Balaban J connectivity index is 1.44. The van der Waals surface area contributed by atoms with Gasteiger partial charge in [-0.15, -0.1) is 11.3 Å². The van der Waals surface area contributed by atoms with Gasteiger partial charge in [-0.2, -0.15) is 5.10 Å². The molecule has 4 rings (SSSR count). The summed E-state index contributed by atoms with van der Waals surface area (Å²) in [4.78, 5) is 29.8. The average molecular weight is 424 g/mol. The average Bonchev–Trinajstić information content (AvgIpc) is 3.39. The molecule has 0 saturated carbocycles. The Morgan fingerprint density at radius 1 is 1.20 bits per heavy atom. The minimum Gasteiger partial charge on any atom is -0.462 e. The van der Waals surface area contributed by atoms with Gasteiger partial charge < -0.3 is 9.73 Å². The molecule has 9 heteroatoms. The lowest BCUT2D eigenvalue weighted by Crippen LogP contribution is -2.33. The van der Waals surface area contributed by atoms with E-state index in [1.807, 2.05) is 13.0 Å². The number of hydrogen-bond donors (Lipinski definition) is 1. The molecule has 3 heterocycles. The van der Waals surface area contributed by atoms with Gasteiger partial charge in [0.2, 0.25) is 5.91 Å². The first kappa shape index (κ1) is 19.7. The van der Waals surface area contributed by atoms with Crippen molar-refractivity contribution in [2.75, 3.05) is 0 Å². The molecule has 0 fully saturated rings. The Hall–Kier alpha value is -3.59. The molecule has 1 amide bonds. The van der Waals surface area contributed by atoms with Gasteiger partial charge in [-0.05, 0) is 49.4 Å². The Morgan fingerprint density at radius 2 is 2.00 bits per heavy atom. The summed E-state index contributed by atoms with van der Waals surface area (Å²) in [5.41, 5.74) is 1.53. The van der Waals surface area contributed by atoms with Crippen molar-refractivity contribution in [3.05, 3.63) is 81.5 Å². The van der Waals surface area contributed by atoms with Crippen LogP contribution in [0.25, 0.3) is 22.0 Å². The van der Waals surface area contributed by atoms with Gasteiger partial charge >= 0.3 is 0 Å². The fraction of sp³-hybridized carbons (Fsp3) is 0.143. The zero-order valence-corrected chi connectivity index (χ0v) is 16.8. The van der Waals surface area contributed by atoms with Crippen molar-refractivity contribution in [2.45, 2.75) is 20.0 Å². The van der Waals surface area contributed by atoms with E-state index in [9.17, 15) is 14.0 Å². The molecule has 0 bridgehead atoms. The van der Waals surface area contributed by atoms with Gasteiger partial charge in [-0.1, -0.05) is 0 Å². The summed E-state index contributed by atoms with van der Waals surface area (Å²) in [6.45, 7) is 1.93. The summed E-state index contributed by atoms with van der Waals surface area (Å²) in [5, 5.41) is 7.76. The minimum absolute atomic E-state index is 0.225. The van der Waals surface area contributed by atoms with E-state index in [-0.39, 0.29) is 24.8 Å². The molecule has 0 aliphatic rings. The number of aryl methyl sites for hydroxylation is 1. The molecule has 0 unspecified atom stereocenters. The van der Waals surface area contributed by atoms with E-state index < -0.39 is 5.56 Å². The SMILES string of the molecule is Cc1nc(-c2ccco2)sc1CNC(=O)Cn1nc(-c2ccc(F)cc2)ccc1=O. The second-order valence-electron chi connectivity index (χ2n) is 6.50. The van der Waals surface area contributed by atoms with Gasteiger partial charge in [0.05, 0.1) is 24.2 Å². The quantitative estimate of drug-likeness (QED) is 0.512. The summed E-state index contributed by atoms with van der Waals surface area (Å²) in [7, 11) is 0. The van der Waals surface area contributed by atoms with E-state index >= 15 is 0 Å². The number of furan rings is 1. The zero-order valence-electron chi connectivity index (χ0n) is 16.0. The van der Waals surface area contributed by atoms with Gasteiger partial charge in [0.25, 0.3) is 5.56 Å². The maximum atomic E-state index is 13.1. The predicted molar refractivity (Wildman–Crippen MR) is 110 cm³/mol. The van der Waals surface area contributed by atoms with Crippen molar-refractivity contribution in [1.29, 1.82) is 0 Å². The molecule has 7 nitrogen and oxygen atoms in total. The summed E-state index contributed by atoms with van der Waals surface area (Å²) < 4.78 is 19.6. The molecule has 152 valence electrons. The highest BCUT2D eigenvalue weighted by molar-refractivity contribution is 7.15. The van der Waals surface area contributed by atoms with Crippen molar-refractivity contribution in [3.63, 3.8) is 0 Å². The van der Waals surface area contributed by atoms with E-state index in [0.29, 0.717) is 17.0 Å². The third-order valence-electron chi connectivity index (χ3n) is 4.37. The molecule has 0 aliphatic heterocycles. The van der Waals surface area contributed by atoms with Gasteiger partial charge in [0.15, 0.2) is 10.8 Å². The van der Waals surface area contributed by atoms with Crippen LogP contribution >= 0.6 is 11.3 Å². The predicted octanol–water partition coefficient (Wildman–Crippen LogP) is 3.39. The fourth-order valence-electron chi connectivity index (χ4n) is 2.81. The van der Waals surface area contributed by atoms with E-state index in [1.54, 1.807) is 30.5 Å². The maximum absolute atomic E-state index is 13.1. The maximum Gasteiger partial charge on any atom is 0.267 e. The summed E-state index contributed by atoms with van der Waals surface area (Å²) in [6.07, 6.45) is 1.58. The first-order chi connectivity index (χ1) is 14.5. The van der Waals surface area contributed by atoms with Crippen LogP contribution in [0.3, 0.4) is 0 Å². The summed E-state index contributed by atoms with van der Waals surface area (Å²) in [6, 6.07) is 12.3. The highest BCUT2D eigenvalue weighted by Crippen LogP contribution is 2.28. The Morgan fingerprint density at radius 3 is 2.73 bits per heavy atom. The second-order valence-corrected chi connectivity index (χ2v) is 7.59. The number of benzene rings is 1. The van der Waals surface area contributed by atoms with E-state index in [4.69, 9.17) is 4.42 Å². The van der Waals surface area contributed by atoms with Crippen LogP contribution in [-0.2, 0) is 17.9 Å². The van der Waals surface area contributed by atoms with Crippen LogP contribution in [0.4, 0.5) is 4.39 Å². The van der Waals surface area contributed by atoms with Gasteiger partial charge in [0.1, 0.15) is 12.4 Å². The number of nitrogens with one attached hydrogen (secondary N) is 1. The normalized spacial score (nSPS) is 10.9. The number of aromatic nitrogens is 3. The van der Waals surface area contributed by atoms with Crippen molar-refractivity contribution in [1.82, 2.24) is 20.1 Å². The van der Waals surface area contributed by atoms with E-state index in [0.717, 1.165) is 20.3 Å². The number of carbonyl (C=O) groups is 1. The van der Waals surface area contributed by atoms with Gasteiger partial charge in [-0.25, -0.2) is 14.1 Å². The van der Waals surface area contributed by atoms with Gasteiger partial charge in [0, 0.05) is 16.5 Å². The van der Waals surface area contributed by atoms with Crippen LogP contribution in [0.1, 0.15) is 10.6 Å². The van der Waals surface area contributed by atoms with Gasteiger partial charge in [-0.3, -0.25) is 9.59 Å². The molecule has 0 radical (unpaired) electrons. The summed E-state index contributed by atoms with van der Waals surface area (Å²) in [5.74, 6) is -0.0396. The van der Waals surface area contributed by atoms with Crippen LogP contribution in [-0.4, -0.2) is 20.7 Å². The Labute approximate surface area is 174 Å². The highest BCUT2D eigenvalue weighted by atomic mass is 32.1. The topological polar surface area (TPSA) is 90.0 Å². The largest absolute Gasteiger partial charge is 0.462 e. The molecule has 1 aromatic carbocycles. The number of amides is 1.